The van der Waals surface area contributed by atoms with Gasteiger partial charge in [-0.3, -0.25) is 4.79 Å². The molecule has 0 aliphatic rings. The zero-order chi connectivity index (χ0) is 22.9. The van der Waals surface area contributed by atoms with Crippen LogP contribution in [-0.4, -0.2) is 17.4 Å². The van der Waals surface area contributed by atoms with E-state index in [1.165, 1.54) is 5.56 Å². The van der Waals surface area contributed by atoms with E-state index in [-0.39, 0.29) is 30.0 Å². The van der Waals surface area contributed by atoms with Crippen LogP contribution in [0, 0.1) is 5.92 Å². The Morgan fingerprint density at radius 1 is 0.719 bits per heavy atom. The average Bonchev–Trinajstić information content (AvgIpc) is 2.86. The fraction of sp³-hybridized carbons (Fsp3) is 0.345. The number of rotatable bonds is 10. The van der Waals surface area contributed by atoms with Gasteiger partial charge < -0.3 is 10.2 Å². The normalized spacial score (nSPS) is 14.9. The predicted octanol–water partition coefficient (Wildman–Crippen LogP) is 6.71. The van der Waals surface area contributed by atoms with Gasteiger partial charge in [-0.15, -0.1) is 0 Å². The van der Waals surface area contributed by atoms with Crippen molar-refractivity contribution in [3.05, 3.63) is 108 Å². The largest absolute Gasteiger partial charge is 0.329 e. The Bertz CT molecular complexity index is 897. The van der Waals surface area contributed by atoms with Crippen LogP contribution in [0.3, 0.4) is 0 Å². The second-order valence-corrected chi connectivity index (χ2v) is 8.56. The number of amides is 1. The molecule has 0 fully saturated rings. The molecule has 3 aromatic rings. The molecule has 3 nitrogen and oxygen atoms in total. The molecule has 3 heteroatoms. The monoisotopic (exact) mass is 428 g/mol. The van der Waals surface area contributed by atoms with E-state index in [2.05, 4.69) is 86.4 Å². The first kappa shape index (κ1) is 23.7. The van der Waals surface area contributed by atoms with Crippen molar-refractivity contribution in [2.45, 2.75) is 52.2 Å². The van der Waals surface area contributed by atoms with Crippen molar-refractivity contribution in [1.82, 2.24) is 10.2 Å². The minimum Gasteiger partial charge on any atom is -0.329 e. The minimum atomic E-state index is -0.0847. The van der Waals surface area contributed by atoms with Gasteiger partial charge in [0.05, 0.1) is 18.0 Å². The summed E-state index contributed by atoms with van der Waals surface area (Å²) in [6.07, 6.45) is 0.798. The Labute approximate surface area is 193 Å². The second-order valence-electron chi connectivity index (χ2n) is 8.56. The molecule has 0 aliphatic heterocycles. The van der Waals surface area contributed by atoms with Gasteiger partial charge in [0.2, 0.25) is 5.91 Å². The van der Waals surface area contributed by atoms with E-state index in [1.807, 2.05) is 42.5 Å². The molecule has 0 bridgehead atoms. The quantitative estimate of drug-likeness (QED) is 0.389. The zero-order valence-corrected chi connectivity index (χ0v) is 19.7. The number of hydrogen-bond acceptors (Lipinski definition) is 2. The van der Waals surface area contributed by atoms with Gasteiger partial charge in [-0.1, -0.05) is 97.9 Å². The van der Waals surface area contributed by atoms with Crippen LogP contribution in [-0.2, 0) is 4.79 Å². The SMILES string of the molecule is CC[C@@H](CN[C@@H](C)c1ccccc1)C(=O)N([C@H](C)c1ccccc1)[C@H](C)c1ccccc1. The summed E-state index contributed by atoms with van der Waals surface area (Å²) in [5, 5.41) is 3.60. The molecule has 32 heavy (non-hydrogen) atoms. The zero-order valence-electron chi connectivity index (χ0n) is 19.7. The van der Waals surface area contributed by atoms with Gasteiger partial charge in [-0.2, -0.15) is 0 Å². The summed E-state index contributed by atoms with van der Waals surface area (Å²) in [6.45, 7) is 9.20. The highest BCUT2D eigenvalue weighted by Crippen LogP contribution is 2.32. The van der Waals surface area contributed by atoms with E-state index in [0.717, 1.165) is 17.5 Å². The van der Waals surface area contributed by atoms with Gasteiger partial charge in [0.15, 0.2) is 0 Å². The first-order valence-electron chi connectivity index (χ1n) is 11.7. The van der Waals surface area contributed by atoms with Gasteiger partial charge in [0.1, 0.15) is 0 Å². The summed E-state index contributed by atoms with van der Waals surface area (Å²) in [6, 6.07) is 31.2. The molecule has 0 heterocycles. The van der Waals surface area contributed by atoms with E-state index in [1.54, 1.807) is 0 Å². The summed E-state index contributed by atoms with van der Waals surface area (Å²) < 4.78 is 0. The lowest BCUT2D eigenvalue weighted by Gasteiger charge is -2.38. The van der Waals surface area contributed by atoms with Crippen LogP contribution >= 0.6 is 0 Å². The van der Waals surface area contributed by atoms with Gasteiger partial charge >= 0.3 is 0 Å². The molecule has 0 unspecified atom stereocenters. The lowest BCUT2D eigenvalue weighted by atomic mass is 9.96. The van der Waals surface area contributed by atoms with Crippen molar-refractivity contribution < 1.29 is 4.79 Å². The number of nitrogens with zero attached hydrogens (tertiary/aromatic N) is 1. The fourth-order valence-corrected chi connectivity index (χ4v) is 4.30. The Morgan fingerprint density at radius 2 is 1.12 bits per heavy atom. The Kier molecular flexibility index (Phi) is 8.64. The van der Waals surface area contributed by atoms with Gasteiger partial charge in [-0.25, -0.2) is 0 Å². The molecule has 4 atom stereocenters. The molecular formula is C29H36N2O. The highest BCUT2D eigenvalue weighted by Gasteiger charge is 2.32. The average molecular weight is 429 g/mol. The molecule has 0 aliphatic carbocycles. The minimum absolute atomic E-state index is 0.0143. The molecule has 168 valence electrons. The Balaban J connectivity index is 1.82. The number of carbonyl (C=O) groups excluding carboxylic acids is 1. The molecule has 1 amide bonds. The third-order valence-corrected chi connectivity index (χ3v) is 6.46. The van der Waals surface area contributed by atoms with Crippen molar-refractivity contribution in [1.29, 1.82) is 0 Å². The van der Waals surface area contributed by atoms with E-state index < -0.39 is 0 Å². The predicted molar refractivity (Wildman–Crippen MR) is 133 cm³/mol. The number of hydrogen-bond donors (Lipinski definition) is 1. The van der Waals surface area contributed by atoms with Crippen LogP contribution in [0.1, 0.15) is 68.9 Å². The van der Waals surface area contributed by atoms with Crippen LogP contribution in [0.2, 0.25) is 0 Å². The highest BCUT2D eigenvalue weighted by molar-refractivity contribution is 5.80. The van der Waals surface area contributed by atoms with Crippen LogP contribution < -0.4 is 5.32 Å². The molecule has 3 rings (SSSR count). The third-order valence-electron chi connectivity index (χ3n) is 6.46. The van der Waals surface area contributed by atoms with Gasteiger partial charge in [0.25, 0.3) is 0 Å². The van der Waals surface area contributed by atoms with E-state index in [4.69, 9.17) is 0 Å². The van der Waals surface area contributed by atoms with Crippen molar-refractivity contribution in [2.75, 3.05) is 6.54 Å². The first-order chi connectivity index (χ1) is 15.5. The maximum Gasteiger partial charge on any atom is 0.227 e. The van der Waals surface area contributed by atoms with Crippen LogP contribution in [0.5, 0.6) is 0 Å². The number of nitrogens with one attached hydrogen (secondary N) is 1. The summed E-state index contributed by atoms with van der Waals surface area (Å²) >= 11 is 0. The number of benzene rings is 3. The van der Waals surface area contributed by atoms with Crippen molar-refractivity contribution in [3.63, 3.8) is 0 Å². The maximum absolute atomic E-state index is 13.9. The molecule has 0 aromatic heterocycles. The van der Waals surface area contributed by atoms with Crippen molar-refractivity contribution in [2.24, 2.45) is 5.92 Å². The molecule has 3 aromatic carbocycles. The highest BCUT2D eigenvalue weighted by atomic mass is 16.2. The molecule has 0 spiro atoms. The van der Waals surface area contributed by atoms with Crippen LogP contribution in [0.15, 0.2) is 91.0 Å². The Morgan fingerprint density at radius 3 is 1.53 bits per heavy atom. The lowest BCUT2D eigenvalue weighted by Crippen LogP contribution is -2.43. The van der Waals surface area contributed by atoms with E-state index in [0.29, 0.717) is 6.54 Å². The summed E-state index contributed by atoms with van der Waals surface area (Å²) in [5.74, 6) is 0.117. The maximum atomic E-state index is 13.9. The summed E-state index contributed by atoms with van der Waals surface area (Å²) in [4.78, 5) is 16.0. The van der Waals surface area contributed by atoms with Crippen LogP contribution in [0.25, 0.3) is 0 Å². The third kappa shape index (κ3) is 5.86. The lowest BCUT2D eigenvalue weighted by molar-refractivity contribution is -0.140. The molecule has 1 N–H and O–H groups in total. The van der Waals surface area contributed by atoms with Gasteiger partial charge in [-0.05, 0) is 43.9 Å². The van der Waals surface area contributed by atoms with E-state index >= 15 is 0 Å². The molecule has 0 radical (unpaired) electrons. The number of carbonyl (C=O) groups is 1. The molecule has 0 saturated heterocycles. The summed E-state index contributed by atoms with van der Waals surface area (Å²) in [5.41, 5.74) is 3.55. The molecule has 0 saturated carbocycles. The standard InChI is InChI=1S/C29H36N2O/c1-5-25(21-30-22(2)26-15-9-6-10-16-26)29(32)31(23(3)27-17-11-7-12-18-27)24(4)28-19-13-8-14-20-28/h6-20,22-25,30H,5,21H2,1-4H3/t22-,23+,24+,25-/m0/s1. The summed E-state index contributed by atoms with van der Waals surface area (Å²) in [7, 11) is 0. The van der Waals surface area contributed by atoms with Crippen LogP contribution in [0.4, 0.5) is 0 Å². The van der Waals surface area contributed by atoms with E-state index in [9.17, 15) is 4.79 Å². The Hall–Kier alpha value is -2.91. The van der Waals surface area contributed by atoms with Crippen molar-refractivity contribution in [3.8, 4) is 0 Å². The first-order valence-corrected chi connectivity index (χ1v) is 11.7. The molecular weight excluding hydrogens is 392 g/mol. The van der Waals surface area contributed by atoms with Gasteiger partial charge in [0, 0.05) is 12.6 Å². The van der Waals surface area contributed by atoms with Crippen molar-refractivity contribution >= 4 is 5.91 Å². The smallest absolute Gasteiger partial charge is 0.227 e. The fourth-order valence-electron chi connectivity index (χ4n) is 4.30. The topological polar surface area (TPSA) is 32.3 Å². The second kappa shape index (κ2) is 11.6.